The Morgan fingerprint density at radius 1 is 0.929 bits per heavy atom. The van der Waals surface area contributed by atoms with Gasteiger partial charge in [-0.3, -0.25) is 14.5 Å². The summed E-state index contributed by atoms with van der Waals surface area (Å²) < 4.78 is 5.21. The standard InChI is InChI=1S/C23H19NO4/c1-28-17-13-11-16(12-14-17)24-21(15-7-3-2-4-8-15)20(23(26)27)18-9-5-6-10-19(18)22(24)25/h2-14,20-21H,1H3,(H,26,27). The van der Waals surface area contributed by atoms with Crippen molar-refractivity contribution < 1.29 is 19.4 Å². The first-order valence-electron chi connectivity index (χ1n) is 8.96. The fourth-order valence-corrected chi connectivity index (χ4v) is 3.82. The van der Waals surface area contributed by atoms with Gasteiger partial charge in [0.1, 0.15) is 11.7 Å². The summed E-state index contributed by atoms with van der Waals surface area (Å²) >= 11 is 0. The smallest absolute Gasteiger partial charge is 0.313 e. The minimum Gasteiger partial charge on any atom is -0.497 e. The van der Waals surface area contributed by atoms with Crippen LogP contribution in [0, 0.1) is 0 Å². The Bertz CT molecular complexity index is 1010. The number of carbonyl (C=O) groups excluding carboxylic acids is 1. The van der Waals surface area contributed by atoms with Crippen LogP contribution in [0.25, 0.3) is 0 Å². The van der Waals surface area contributed by atoms with Crippen LogP contribution in [0.1, 0.15) is 33.4 Å². The molecule has 0 spiro atoms. The summed E-state index contributed by atoms with van der Waals surface area (Å²) in [4.78, 5) is 27.3. The van der Waals surface area contributed by atoms with Gasteiger partial charge < -0.3 is 9.84 Å². The number of methoxy groups -OCH3 is 1. The molecule has 140 valence electrons. The van der Waals surface area contributed by atoms with Gasteiger partial charge in [0.15, 0.2) is 0 Å². The zero-order valence-corrected chi connectivity index (χ0v) is 15.3. The first-order valence-corrected chi connectivity index (χ1v) is 8.96. The summed E-state index contributed by atoms with van der Waals surface area (Å²) in [7, 11) is 1.57. The lowest BCUT2D eigenvalue weighted by Gasteiger charge is -2.40. The van der Waals surface area contributed by atoms with Crippen molar-refractivity contribution >= 4 is 17.6 Å². The number of hydrogen-bond acceptors (Lipinski definition) is 3. The van der Waals surface area contributed by atoms with Crippen LogP contribution in [-0.2, 0) is 4.79 Å². The minimum absolute atomic E-state index is 0.216. The van der Waals surface area contributed by atoms with Crippen LogP contribution in [0.2, 0.25) is 0 Å². The van der Waals surface area contributed by atoms with Gasteiger partial charge in [0.05, 0.1) is 13.2 Å². The van der Waals surface area contributed by atoms with E-state index in [-0.39, 0.29) is 5.91 Å². The number of hydrogen-bond donors (Lipinski definition) is 1. The number of amides is 1. The molecule has 0 saturated heterocycles. The Morgan fingerprint density at radius 3 is 2.21 bits per heavy atom. The van der Waals surface area contributed by atoms with E-state index in [0.29, 0.717) is 22.6 Å². The van der Waals surface area contributed by atoms with E-state index in [1.807, 2.05) is 30.3 Å². The molecule has 3 aromatic rings. The second-order valence-electron chi connectivity index (χ2n) is 6.63. The molecule has 2 unspecified atom stereocenters. The van der Waals surface area contributed by atoms with Crippen LogP contribution in [-0.4, -0.2) is 24.1 Å². The molecule has 1 N–H and O–H groups in total. The average Bonchev–Trinajstić information content (AvgIpc) is 2.74. The number of carbonyl (C=O) groups is 2. The average molecular weight is 373 g/mol. The van der Waals surface area contributed by atoms with Crippen molar-refractivity contribution in [3.63, 3.8) is 0 Å². The van der Waals surface area contributed by atoms with Gasteiger partial charge in [-0.15, -0.1) is 0 Å². The number of fused-ring (bicyclic) bond motifs is 1. The third-order valence-corrected chi connectivity index (χ3v) is 5.10. The second kappa shape index (κ2) is 7.19. The number of carboxylic acids is 1. The summed E-state index contributed by atoms with van der Waals surface area (Å²) in [5, 5.41) is 10.1. The maximum absolute atomic E-state index is 13.4. The van der Waals surface area contributed by atoms with E-state index in [1.54, 1.807) is 60.5 Å². The Kier molecular flexibility index (Phi) is 4.57. The molecule has 0 fully saturated rings. The fraction of sp³-hybridized carbons (Fsp3) is 0.130. The number of nitrogens with zero attached hydrogens (tertiary/aromatic N) is 1. The third-order valence-electron chi connectivity index (χ3n) is 5.10. The highest BCUT2D eigenvalue weighted by Crippen LogP contribution is 2.45. The highest BCUT2D eigenvalue weighted by Gasteiger charge is 2.44. The molecule has 0 aromatic heterocycles. The van der Waals surface area contributed by atoms with Crippen molar-refractivity contribution in [2.24, 2.45) is 0 Å². The van der Waals surface area contributed by atoms with Crippen molar-refractivity contribution in [1.82, 2.24) is 0 Å². The third kappa shape index (κ3) is 2.91. The highest BCUT2D eigenvalue weighted by molar-refractivity contribution is 6.11. The maximum Gasteiger partial charge on any atom is 0.313 e. The van der Waals surface area contributed by atoms with E-state index < -0.39 is 17.9 Å². The highest BCUT2D eigenvalue weighted by atomic mass is 16.5. The number of anilines is 1. The molecule has 0 aliphatic carbocycles. The zero-order valence-electron chi connectivity index (χ0n) is 15.3. The van der Waals surface area contributed by atoms with E-state index >= 15 is 0 Å². The maximum atomic E-state index is 13.4. The lowest BCUT2D eigenvalue weighted by atomic mass is 9.79. The molecule has 2 atom stereocenters. The molecule has 5 nitrogen and oxygen atoms in total. The van der Waals surface area contributed by atoms with E-state index in [1.165, 1.54) is 0 Å². The number of aliphatic carboxylic acids is 1. The van der Waals surface area contributed by atoms with Crippen molar-refractivity contribution in [3.05, 3.63) is 95.6 Å². The number of rotatable bonds is 4. The number of carboxylic acid groups (broad SMARTS) is 1. The summed E-state index contributed by atoms with van der Waals surface area (Å²) in [6.45, 7) is 0. The van der Waals surface area contributed by atoms with Crippen LogP contribution in [0.5, 0.6) is 5.75 Å². The van der Waals surface area contributed by atoms with Crippen LogP contribution in [0.15, 0.2) is 78.9 Å². The lowest BCUT2D eigenvalue weighted by molar-refractivity contribution is -0.139. The quantitative estimate of drug-likeness (QED) is 0.742. The SMILES string of the molecule is COc1ccc(N2C(=O)c3ccccc3C(C(=O)O)C2c2ccccc2)cc1. The summed E-state index contributed by atoms with van der Waals surface area (Å²) in [6.07, 6.45) is 0. The molecule has 28 heavy (non-hydrogen) atoms. The Balaban J connectivity index is 1.95. The molecule has 1 aliphatic rings. The summed E-state index contributed by atoms with van der Waals surface area (Å²) in [6, 6.07) is 22.7. The molecule has 5 heteroatoms. The molecule has 4 rings (SSSR count). The van der Waals surface area contributed by atoms with Gasteiger partial charge in [0.25, 0.3) is 5.91 Å². The Hall–Kier alpha value is -3.60. The summed E-state index contributed by atoms with van der Waals surface area (Å²) in [5.74, 6) is -1.39. The molecule has 1 amide bonds. The van der Waals surface area contributed by atoms with Gasteiger partial charge in [-0.25, -0.2) is 0 Å². The molecule has 1 aliphatic heterocycles. The van der Waals surface area contributed by atoms with Crippen molar-refractivity contribution in [2.45, 2.75) is 12.0 Å². The van der Waals surface area contributed by atoms with Crippen LogP contribution >= 0.6 is 0 Å². The first-order chi connectivity index (χ1) is 13.6. The van der Waals surface area contributed by atoms with Crippen LogP contribution < -0.4 is 9.64 Å². The predicted octanol–water partition coefficient (Wildman–Crippen LogP) is 4.27. The van der Waals surface area contributed by atoms with E-state index in [2.05, 4.69) is 0 Å². The monoisotopic (exact) mass is 373 g/mol. The lowest BCUT2D eigenvalue weighted by Crippen LogP contribution is -2.45. The Labute approximate surface area is 162 Å². The van der Waals surface area contributed by atoms with Crippen LogP contribution in [0.3, 0.4) is 0 Å². The van der Waals surface area contributed by atoms with Gasteiger partial charge in [0, 0.05) is 11.3 Å². The van der Waals surface area contributed by atoms with Gasteiger partial charge in [-0.2, -0.15) is 0 Å². The molecule has 0 radical (unpaired) electrons. The normalized spacial score (nSPS) is 18.5. The predicted molar refractivity (Wildman–Crippen MR) is 106 cm³/mol. The van der Waals surface area contributed by atoms with Crippen LogP contribution in [0.4, 0.5) is 5.69 Å². The number of benzene rings is 3. The topological polar surface area (TPSA) is 66.8 Å². The second-order valence-corrected chi connectivity index (χ2v) is 6.63. The van der Waals surface area contributed by atoms with Crippen molar-refractivity contribution in [1.29, 1.82) is 0 Å². The first kappa shape index (κ1) is 17.8. The number of ether oxygens (including phenoxy) is 1. The van der Waals surface area contributed by atoms with Gasteiger partial charge in [-0.1, -0.05) is 48.5 Å². The van der Waals surface area contributed by atoms with Gasteiger partial charge in [-0.05, 0) is 41.5 Å². The largest absolute Gasteiger partial charge is 0.497 e. The zero-order chi connectivity index (χ0) is 19.7. The Morgan fingerprint density at radius 2 is 1.57 bits per heavy atom. The molecular formula is C23H19NO4. The fourth-order valence-electron chi connectivity index (χ4n) is 3.82. The van der Waals surface area contributed by atoms with E-state index in [4.69, 9.17) is 4.74 Å². The molecular weight excluding hydrogens is 354 g/mol. The molecule has 0 saturated carbocycles. The molecule has 1 heterocycles. The van der Waals surface area contributed by atoms with Gasteiger partial charge >= 0.3 is 5.97 Å². The summed E-state index contributed by atoms with van der Waals surface area (Å²) in [5.41, 5.74) is 2.35. The minimum atomic E-state index is -0.965. The molecule has 3 aromatic carbocycles. The van der Waals surface area contributed by atoms with Crippen molar-refractivity contribution in [2.75, 3.05) is 12.0 Å². The molecule has 0 bridgehead atoms. The van der Waals surface area contributed by atoms with Gasteiger partial charge in [0.2, 0.25) is 0 Å². The van der Waals surface area contributed by atoms with E-state index in [9.17, 15) is 14.7 Å². The van der Waals surface area contributed by atoms with E-state index in [0.717, 1.165) is 5.56 Å². The van der Waals surface area contributed by atoms with Crippen molar-refractivity contribution in [3.8, 4) is 5.75 Å².